The van der Waals surface area contributed by atoms with Crippen molar-refractivity contribution in [1.29, 1.82) is 0 Å². The standard InChI is InChI=1S/C16H22ClNS/c1-11-2-3-12(8-11)10-18-15-6-7-19-16-5-4-13(17)9-14(15)16/h4-5,9,11-12,15,18H,2-3,6-8,10H2,1H3. The molecule has 1 nitrogen and oxygen atoms in total. The second-order valence-electron chi connectivity index (χ2n) is 6.06. The van der Waals surface area contributed by atoms with Crippen LogP contribution >= 0.6 is 23.4 Å². The molecule has 0 spiro atoms. The average Bonchev–Trinajstić information content (AvgIpc) is 2.82. The first-order valence-corrected chi connectivity index (χ1v) is 8.74. The van der Waals surface area contributed by atoms with Crippen molar-refractivity contribution in [2.24, 2.45) is 11.8 Å². The highest BCUT2D eigenvalue weighted by Gasteiger charge is 2.24. The molecule has 1 aromatic carbocycles. The molecule has 1 N–H and O–H groups in total. The third-order valence-electron chi connectivity index (χ3n) is 4.47. The molecular formula is C16H22ClNS. The number of nitrogens with one attached hydrogen (secondary N) is 1. The normalized spacial score (nSPS) is 30.3. The first-order valence-electron chi connectivity index (χ1n) is 7.38. The van der Waals surface area contributed by atoms with E-state index in [4.69, 9.17) is 11.6 Å². The van der Waals surface area contributed by atoms with Gasteiger partial charge in [-0.2, -0.15) is 0 Å². The van der Waals surface area contributed by atoms with Crippen LogP contribution in [0.1, 0.15) is 44.2 Å². The summed E-state index contributed by atoms with van der Waals surface area (Å²) in [6, 6.07) is 6.84. The third kappa shape index (κ3) is 3.29. The van der Waals surface area contributed by atoms with Crippen molar-refractivity contribution in [1.82, 2.24) is 5.32 Å². The molecule has 0 aromatic heterocycles. The first-order chi connectivity index (χ1) is 9.22. The van der Waals surface area contributed by atoms with Crippen molar-refractivity contribution in [2.45, 2.75) is 43.5 Å². The average molecular weight is 296 g/mol. The van der Waals surface area contributed by atoms with E-state index in [0.717, 1.165) is 16.9 Å². The third-order valence-corrected chi connectivity index (χ3v) is 5.83. The van der Waals surface area contributed by atoms with Crippen LogP contribution in [0.5, 0.6) is 0 Å². The van der Waals surface area contributed by atoms with Gasteiger partial charge in [0.25, 0.3) is 0 Å². The minimum Gasteiger partial charge on any atom is -0.310 e. The predicted octanol–water partition coefficient (Wildman–Crippen LogP) is 4.90. The molecule has 3 unspecified atom stereocenters. The highest BCUT2D eigenvalue weighted by atomic mass is 35.5. The second kappa shape index (κ2) is 6.07. The van der Waals surface area contributed by atoms with Crippen LogP contribution in [0.15, 0.2) is 23.1 Å². The van der Waals surface area contributed by atoms with Gasteiger partial charge in [-0.1, -0.05) is 24.9 Å². The smallest absolute Gasteiger partial charge is 0.0410 e. The number of fused-ring (bicyclic) bond motifs is 1. The van der Waals surface area contributed by atoms with Gasteiger partial charge in [0, 0.05) is 16.0 Å². The Labute approximate surface area is 125 Å². The molecule has 0 bridgehead atoms. The van der Waals surface area contributed by atoms with Gasteiger partial charge in [0.15, 0.2) is 0 Å². The summed E-state index contributed by atoms with van der Waals surface area (Å²) >= 11 is 8.11. The van der Waals surface area contributed by atoms with Crippen LogP contribution in [0.3, 0.4) is 0 Å². The summed E-state index contributed by atoms with van der Waals surface area (Å²) < 4.78 is 0. The molecule has 1 fully saturated rings. The van der Waals surface area contributed by atoms with Gasteiger partial charge in [-0.15, -0.1) is 11.8 Å². The highest BCUT2D eigenvalue weighted by Crippen LogP contribution is 2.38. The van der Waals surface area contributed by atoms with E-state index >= 15 is 0 Å². The van der Waals surface area contributed by atoms with Gasteiger partial charge in [0.05, 0.1) is 0 Å². The van der Waals surface area contributed by atoms with Gasteiger partial charge in [0.2, 0.25) is 0 Å². The van der Waals surface area contributed by atoms with E-state index in [1.54, 1.807) is 0 Å². The summed E-state index contributed by atoms with van der Waals surface area (Å²) in [5.41, 5.74) is 1.41. The molecule has 0 radical (unpaired) electrons. The lowest BCUT2D eigenvalue weighted by atomic mass is 10.0. The van der Waals surface area contributed by atoms with Crippen LogP contribution in [0, 0.1) is 11.8 Å². The molecule has 2 aliphatic rings. The molecule has 1 saturated carbocycles. The molecule has 3 atom stereocenters. The Bertz CT molecular complexity index is 448. The van der Waals surface area contributed by atoms with Crippen molar-refractivity contribution < 1.29 is 0 Å². The second-order valence-corrected chi connectivity index (χ2v) is 7.64. The van der Waals surface area contributed by atoms with Gasteiger partial charge in [-0.3, -0.25) is 0 Å². The summed E-state index contributed by atoms with van der Waals surface area (Å²) in [5.74, 6) is 3.02. The van der Waals surface area contributed by atoms with Crippen molar-refractivity contribution >= 4 is 23.4 Å². The first kappa shape index (κ1) is 13.8. The summed E-state index contributed by atoms with van der Waals surface area (Å²) in [6.45, 7) is 3.55. The number of benzene rings is 1. The number of rotatable bonds is 3. The quantitative estimate of drug-likeness (QED) is 0.851. The Morgan fingerprint density at radius 1 is 1.32 bits per heavy atom. The van der Waals surface area contributed by atoms with Gasteiger partial charge < -0.3 is 5.32 Å². The Morgan fingerprint density at radius 2 is 2.21 bits per heavy atom. The van der Waals surface area contributed by atoms with E-state index in [-0.39, 0.29) is 0 Å². The number of halogens is 1. The number of thioether (sulfide) groups is 1. The molecule has 1 aliphatic carbocycles. The summed E-state index contributed by atoms with van der Waals surface area (Å²) in [4.78, 5) is 1.41. The Kier molecular flexibility index (Phi) is 4.40. The van der Waals surface area contributed by atoms with Crippen molar-refractivity contribution in [2.75, 3.05) is 12.3 Å². The van der Waals surface area contributed by atoms with E-state index in [0.29, 0.717) is 6.04 Å². The maximum Gasteiger partial charge on any atom is 0.0410 e. The monoisotopic (exact) mass is 295 g/mol. The molecule has 1 aromatic rings. The van der Waals surface area contributed by atoms with Gasteiger partial charge >= 0.3 is 0 Å². The van der Waals surface area contributed by atoms with Crippen LogP contribution in [-0.2, 0) is 0 Å². The molecule has 1 heterocycles. The SMILES string of the molecule is CC1CCC(CNC2CCSc3ccc(Cl)cc32)C1. The van der Waals surface area contributed by atoms with Gasteiger partial charge in [0.1, 0.15) is 0 Å². The van der Waals surface area contributed by atoms with Crippen LogP contribution in [-0.4, -0.2) is 12.3 Å². The van der Waals surface area contributed by atoms with E-state index in [1.165, 1.54) is 48.4 Å². The number of hydrogen-bond donors (Lipinski definition) is 1. The largest absolute Gasteiger partial charge is 0.310 e. The van der Waals surface area contributed by atoms with Gasteiger partial charge in [-0.05, 0) is 67.2 Å². The molecule has 3 rings (SSSR count). The Balaban J connectivity index is 1.64. The summed E-state index contributed by atoms with van der Waals surface area (Å²) in [5, 5.41) is 4.66. The van der Waals surface area contributed by atoms with E-state index in [9.17, 15) is 0 Å². The Morgan fingerprint density at radius 3 is 3.00 bits per heavy atom. The fourth-order valence-electron chi connectivity index (χ4n) is 3.40. The summed E-state index contributed by atoms with van der Waals surface area (Å²) in [6.07, 6.45) is 5.43. The van der Waals surface area contributed by atoms with Crippen molar-refractivity contribution in [3.05, 3.63) is 28.8 Å². The zero-order valence-electron chi connectivity index (χ0n) is 11.5. The minimum atomic E-state index is 0.505. The van der Waals surface area contributed by atoms with Gasteiger partial charge in [-0.25, -0.2) is 0 Å². The fraction of sp³-hybridized carbons (Fsp3) is 0.625. The topological polar surface area (TPSA) is 12.0 Å². The molecule has 3 heteroatoms. The molecular weight excluding hydrogens is 274 g/mol. The molecule has 1 aliphatic heterocycles. The van der Waals surface area contributed by atoms with E-state index in [1.807, 2.05) is 17.8 Å². The fourth-order valence-corrected chi connectivity index (χ4v) is 4.68. The lowest BCUT2D eigenvalue weighted by molar-refractivity contribution is 0.418. The maximum atomic E-state index is 6.15. The molecule has 19 heavy (non-hydrogen) atoms. The molecule has 0 amide bonds. The van der Waals surface area contributed by atoms with Crippen LogP contribution in [0.4, 0.5) is 0 Å². The van der Waals surface area contributed by atoms with Crippen LogP contribution in [0.2, 0.25) is 5.02 Å². The summed E-state index contributed by atoms with van der Waals surface area (Å²) in [7, 11) is 0. The highest BCUT2D eigenvalue weighted by molar-refractivity contribution is 7.99. The molecule has 0 saturated heterocycles. The van der Waals surface area contributed by atoms with Crippen LogP contribution < -0.4 is 5.32 Å². The van der Waals surface area contributed by atoms with E-state index < -0.39 is 0 Å². The van der Waals surface area contributed by atoms with E-state index in [2.05, 4.69) is 24.4 Å². The zero-order chi connectivity index (χ0) is 13.2. The lowest BCUT2D eigenvalue weighted by Gasteiger charge is -2.27. The number of hydrogen-bond acceptors (Lipinski definition) is 2. The van der Waals surface area contributed by atoms with Crippen molar-refractivity contribution in [3.8, 4) is 0 Å². The maximum absolute atomic E-state index is 6.15. The predicted molar refractivity (Wildman–Crippen MR) is 84.0 cm³/mol. The zero-order valence-corrected chi connectivity index (χ0v) is 13.1. The molecule has 104 valence electrons. The van der Waals surface area contributed by atoms with Crippen molar-refractivity contribution in [3.63, 3.8) is 0 Å². The lowest BCUT2D eigenvalue weighted by Crippen LogP contribution is -2.28. The van der Waals surface area contributed by atoms with Crippen LogP contribution in [0.25, 0.3) is 0 Å². The Hall–Kier alpha value is -0.180. The minimum absolute atomic E-state index is 0.505.